The van der Waals surface area contributed by atoms with E-state index in [-0.39, 0.29) is 6.04 Å². The van der Waals surface area contributed by atoms with Crippen molar-refractivity contribution in [1.82, 2.24) is 0 Å². The van der Waals surface area contributed by atoms with Crippen molar-refractivity contribution in [3.63, 3.8) is 0 Å². The van der Waals surface area contributed by atoms with Gasteiger partial charge in [0.1, 0.15) is 12.4 Å². The van der Waals surface area contributed by atoms with Crippen LogP contribution in [0.15, 0.2) is 35.9 Å². The van der Waals surface area contributed by atoms with Gasteiger partial charge in [0.25, 0.3) is 0 Å². The highest BCUT2D eigenvalue weighted by molar-refractivity contribution is 6.29. The van der Waals surface area contributed by atoms with Crippen molar-refractivity contribution < 1.29 is 4.74 Å². The van der Waals surface area contributed by atoms with Crippen molar-refractivity contribution in [3.05, 3.63) is 41.4 Å². The van der Waals surface area contributed by atoms with Crippen LogP contribution in [0.4, 0.5) is 0 Å². The molecule has 0 fully saturated rings. The van der Waals surface area contributed by atoms with Crippen LogP contribution >= 0.6 is 11.6 Å². The first-order valence-corrected chi connectivity index (χ1v) is 4.79. The molecule has 0 radical (unpaired) electrons. The molecule has 0 amide bonds. The smallest absolute Gasteiger partial charge is 0.124 e. The second-order valence-electron chi connectivity index (χ2n) is 3.13. The molecule has 0 aromatic heterocycles. The monoisotopic (exact) mass is 211 g/mol. The van der Waals surface area contributed by atoms with Gasteiger partial charge in [-0.15, -0.1) is 0 Å². The van der Waals surface area contributed by atoms with Crippen LogP contribution in [-0.4, -0.2) is 6.61 Å². The molecule has 0 heterocycles. The summed E-state index contributed by atoms with van der Waals surface area (Å²) in [5.74, 6) is 0.768. The zero-order chi connectivity index (χ0) is 10.6. The Balaban J connectivity index is 2.79. The van der Waals surface area contributed by atoms with E-state index in [1.807, 2.05) is 31.2 Å². The van der Waals surface area contributed by atoms with Crippen LogP contribution in [0.1, 0.15) is 18.5 Å². The topological polar surface area (TPSA) is 35.2 Å². The van der Waals surface area contributed by atoms with Gasteiger partial charge in [0.05, 0.1) is 0 Å². The zero-order valence-corrected chi connectivity index (χ0v) is 8.92. The van der Waals surface area contributed by atoms with E-state index < -0.39 is 0 Å². The summed E-state index contributed by atoms with van der Waals surface area (Å²) in [6.45, 7) is 5.78. The molecule has 0 unspecified atom stereocenters. The largest absolute Gasteiger partial charge is 0.488 e. The number of para-hydroxylation sites is 1. The summed E-state index contributed by atoms with van der Waals surface area (Å²) in [6.07, 6.45) is 0. The first-order chi connectivity index (χ1) is 6.61. The van der Waals surface area contributed by atoms with Crippen molar-refractivity contribution >= 4 is 11.6 Å². The van der Waals surface area contributed by atoms with E-state index in [1.54, 1.807) is 0 Å². The summed E-state index contributed by atoms with van der Waals surface area (Å²) in [5, 5.41) is 0.476. The Hall–Kier alpha value is -0.990. The van der Waals surface area contributed by atoms with E-state index >= 15 is 0 Å². The van der Waals surface area contributed by atoms with E-state index in [0.717, 1.165) is 11.3 Å². The summed E-state index contributed by atoms with van der Waals surface area (Å²) in [7, 11) is 0. The Kier molecular flexibility index (Phi) is 3.98. The minimum atomic E-state index is -0.0465. The lowest BCUT2D eigenvalue weighted by Crippen LogP contribution is -2.08. The van der Waals surface area contributed by atoms with Crippen LogP contribution in [0.25, 0.3) is 0 Å². The molecule has 0 aliphatic carbocycles. The molecule has 1 atom stereocenters. The molecule has 1 rings (SSSR count). The fourth-order valence-electron chi connectivity index (χ4n) is 1.14. The Bertz CT molecular complexity index is 323. The van der Waals surface area contributed by atoms with Gasteiger partial charge in [-0.3, -0.25) is 0 Å². The number of halogens is 1. The Morgan fingerprint density at radius 2 is 2.21 bits per heavy atom. The summed E-state index contributed by atoms with van der Waals surface area (Å²) in [5.41, 5.74) is 6.76. The number of rotatable bonds is 4. The van der Waals surface area contributed by atoms with Crippen molar-refractivity contribution in [2.45, 2.75) is 13.0 Å². The number of nitrogens with two attached hydrogens (primary N) is 1. The first-order valence-electron chi connectivity index (χ1n) is 4.42. The van der Waals surface area contributed by atoms with Crippen LogP contribution in [0.3, 0.4) is 0 Å². The van der Waals surface area contributed by atoms with E-state index in [4.69, 9.17) is 22.1 Å². The molecule has 0 saturated heterocycles. The quantitative estimate of drug-likeness (QED) is 0.831. The maximum Gasteiger partial charge on any atom is 0.124 e. The maximum atomic E-state index is 5.79. The molecule has 2 nitrogen and oxygen atoms in total. The van der Waals surface area contributed by atoms with Gasteiger partial charge in [-0.25, -0.2) is 0 Å². The molecule has 3 heteroatoms. The van der Waals surface area contributed by atoms with Crippen LogP contribution < -0.4 is 10.5 Å². The van der Waals surface area contributed by atoms with Gasteiger partial charge in [0, 0.05) is 16.6 Å². The highest BCUT2D eigenvalue weighted by Crippen LogP contribution is 2.23. The van der Waals surface area contributed by atoms with Crippen molar-refractivity contribution in [1.29, 1.82) is 0 Å². The lowest BCUT2D eigenvalue weighted by molar-refractivity contribution is 0.353. The van der Waals surface area contributed by atoms with Gasteiger partial charge in [-0.1, -0.05) is 36.4 Å². The lowest BCUT2D eigenvalue weighted by atomic mass is 10.1. The van der Waals surface area contributed by atoms with E-state index in [9.17, 15) is 0 Å². The second-order valence-corrected chi connectivity index (χ2v) is 3.67. The molecule has 0 saturated carbocycles. The SMILES string of the molecule is C=C(Cl)COc1ccccc1[C@@H](C)N. The number of benzene rings is 1. The van der Waals surface area contributed by atoms with Crippen molar-refractivity contribution in [2.75, 3.05) is 6.61 Å². The Morgan fingerprint density at radius 3 is 2.79 bits per heavy atom. The predicted molar refractivity (Wildman–Crippen MR) is 59.5 cm³/mol. The summed E-state index contributed by atoms with van der Waals surface area (Å²) in [6, 6.07) is 7.60. The maximum absolute atomic E-state index is 5.79. The number of ether oxygens (including phenoxy) is 1. The van der Waals surface area contributed by atoms with Gasteiger partial charge >= 0.3 is 0 Å². The van der Waals surface area contributed by atoms with E-state index in [2.05, 4.69) is 6.58 Å². The van der Waals surface area contributed by atoms with Crippen LogP contribution in [-0.2, 0) is 0 Å². The lowest BCUT2D eigenvalue weighted by Gasteiger charge is -2.12. The first kappa shape index (κ1) is 11.1. The highest BCUT2D eigenvalue weighted by atomic mass is 35.5. The van der Waals surface area contributed by atoms with Gasteiger partial charge in [0.2, 0.25) is 0 Å². The van der Waals surface area contributed by atoms with Gasteiger partial charge in [-0.05, 0) is 13.0 Å². The van der Waals surface area contributed by atoms with E-state index in [0.29, 0.717) is 11.6 Å². The standard InChI is InChI=1S/C11H14ClNO/c1-8(12)7-14-11-6-4-3-5-10(11)9(2)13/h3-6,9H,1,7,13H2,2H3/t9-/m1/s1. The Morgan fingerprint density at radius 1 is 1.57 bits per heavy atom. The van der Waals surface area contributed by atoms with Crippen LogP contribution in [0.5, 0.6) is 5.75 Å². The fraction of sp³-hybridized carbons (Fsp3) is 0.273. The van der Waals surface area contributed by atoms with Crippen molar-refractivity contribution in [2.24, 2.45) is 5.73 Å². The third-order valence-corrected chi connectivity index (χ3v) is 1.90. The fourth-order valence-corrected chi connectivity index (χ4v) is 1.20. The van der Waals surface area contributed by atoms with Crippen LogP contribution in [0.2, 0.25) is 0 Å². The second kappa shape index (κ2) is 5.03. The average Bonchev–Trinajstić information content (AvgIpc) is 2.15. The van der Waals surface area contributed by atoms with Crippen LogP contribution in [0, 0.1) is 0 Å². The average molecular weight is 212 g/mol. The number of hydrogen-bond donors (Lipinski definition) is 1. The normalized spacial score (nSPS) is 12.2. The van der Waals surface area contributed by atoms with E-state index in [1.165, 1.54) is 0 Å². The highest BCUT2D eigenvalue weighted by Gasteiger charge is 2.06. The molecular formula is C11H14ClNO. The molecule has 0 spiro atoms. The molecule has 1 aromatic rings. The molecule has 0 aliphatic heterocycles. The molecule has 0 bridgehead atoms. The molecule has 76 valence electrons. The van der Waals surface area contributed by atoms with Crippen molar-refractivity contribution in [3.8, 4) is 5.75 Å². The number of hydrogen-bond acceptors (Lipinski definition) is 2. The summed E-state index contributed by atoms with van der Waals surface area (Å²) in [4.78, 5) is 0. The molecule has 0 aliphatic rings. The summed E-state index contributed by atoms with van der Waals surface area (Å²) < 4.78 is 5.45. The zero-order valence-electron chi connectivity index (χ0n) is 8.16. The summed E-state index contributed by atoms with van der Waals surface area (Å²) >= 11 is 5.61. The molecule has 2 N–H and O–H groups in total. The predicted octanol–water partition coefficient (Wildman–Crippen LogP) is 2.84. The van der Waals surface area contributed by atoms with Gasteiger partial charge in [-0.2, -0.15) is 0 Å². The molecule has 14 heavy (non-hydrogen) atoms. The minimum absolute atomic E-state index is 0.0465. The van der Waals surface area contributed by atoms with Gasteiger partial charge in [0.15, 0.2) is 0 Å². The van der Waals surface area contributed by atoms with Gasteiger partial charge < -0.3 is 10.5 Å². The minimum Gasteiger partial charge on any atom is -0.488 e. The Labute approximate surface area is 89.3 Å². The molecular weight excluding hydrogens is 198 g/mol. The third-order valence-electron chi connectivity index (χ3n) is 1.79. The molecule has 1 aromatic carbocycles. The third kappa shape index (κ3) is 3.05.